The van der Waals surface area contributed by atoms with Crippen LogP contribution in [0.25, 0.3) is 10.9 Å². The number of rotatable bonds is 4. The summed E-state index contributed by atoms with van der Waals surface area (Å²) in [5, 5.41) is 13.6. The van der Waals surface area contributed by atoms with Crippen molar-refractivity contribution in [1.82, 2.24) is 10.3 Å². The molecule has 3 rings (SSSR count). The molecule has 1 aliphatic rings. The molecule has 0 spiro atoms. The van der Waals surface area contributed by atoms with E-state index in [-0.39, 0.29) is 30.7 Å². The first-order valence-corrected chi connectivity index (χ1v) is 7.93. The summed E-state index contributed by atoms with van der Waals surface area (Å²) in [5.74, 6) is -1.26. The van der Waals surface area contributed by atoms with Crippen LogP contribution in [-0.2, 0) is 20.9 Å². The number of aromatic nitrogens is 1. The average molecular weight is 342 g/mol. The maximum absolute atomic E-state index is 12.3. The number of carbonyl (C=O) groups excluding carboxylic acids is 2. The van der Waals surface area contributed by atoms with Gasteiger partial charge in [-0.1, -0.05) is 25.1 Å². The smallest absolute Gasteiger partial charge is 0.342 e. The van der Waals surface area contributed by atoms with Crippen molar-refractivity contribution in [2.75, 3.05) is 6.61 Å². The van der Waals surface area contributed by atoms with Crippen LogP contribution in [-0.4, -0.2) is 34.2 Å². The molecule has 7 nitrogen and oxygen atoms in total. The molecule has 1 amide bonds. The van der Waals surface area contributed by atoms with Crippen LogP contribution in [0.2, 0.25) is 0 Å². The minimum Gasteiger partial charge on any atom is -0.458 e. The third-order valence-corrected chi connectivity index (χ3v) is 4.23. The van der Waals surface area contributed by atoms with Crippen LogP contribution in [0.15, 0.2) is 46.8 Å². The van der Waals surface area contributed by atoms with Crippen molar-refractivity contribution in [1.29, 1.82) is 0 Å². The van der Waals surface area contributed by atoms with Gasteiger partial charge in [-0.15, -0.1) is 0 Å². The molecule has 25 heavy (non-hydrogen) atoms. The van der Waals surface area contributed by atoms with Crippen LogP contribution in [0.3, 0.4) is 0 Å². The van der Waals surface area contributed by atoms with E-state index in [1.54, 1.807) is 19.1 Å². The Morgan fingerprint density at radius 1 is 1.36 bits per heavy atom. The number of para-hydroxylation sites is 1. The molecule has 0 aliphatic carbocycles. The highest BCUT2D eigenvalue weighted by atomic mass is 16.6. The van der Waals surface area contributed by atoms with Gasteiger partial charge < -0.3 is 20.1 Å². The molecule has 3 N–H and O–H groups in total. The Morgan fingerprint density at radius 3 is 2.88 bits per heavy atom. The summed E-state index contributed by atoms with van der Waals surface area (Å²) >= 11 is 0. The zero-order chi connectivity index (χ0) is 18.0. The molecular weight excluding hydrogens is 324 g/mol. The van der Waals surface area contributed by atoms with Crippen molar-refractivity contribution in [2.45, 2.75) is 25.5 Å². The number of hydrogen-bond donors (Lipinski definition) is 3. The Morgan fingerprint density at radius 2 is 2.12 bits per heavy atom. The zero-order valence-corrected chi connectivity index (χ0v) is 13.7. The van der Waals surface area contributed by atoms with Crippen LogP contribution in [0.4, 0.5) is 0 Å². The first-order chi connectivity index (χ1) is 11.9. The van der Waals surface area contributed by atoms with E-state index in [2.05, 4.69) is 10.3 Å². The third-order valence-electron chi connectivity index (χ3n) is 4.23. The molecule has 0 radical (unpaired) electrons. The van der Waals surface area contributed by atoms with Crippen molar-refractivity contribution in [2.24, 2.45) is 0 Å². The number of amides is 1. The van der Waals surface area contributed by atoms with Crippen molar-refractivity contribution in [3.8, 4) is 0 Å². The van der Waals surface area contributed by atoms with Crippen LogP contribution in [0.5, 0.6) is 0 Å². The highest BCUT2D eigenvalue weighted by Crippen LogP contribution is 2.22. The SMILES string of the molecule is CCC1(O)C=C(C(=O)NCc2cc3ccccc3[nH]c2=O)COC1=O. The van der Waals surface area contributed by atoms with E-state index in [1.165, 1.54) is 6.08 Å². The number of hydrogen-bond acceptors (Lipinski definition) is 5. The van der Waals surface area contributed by atoms with Gasteiger partial charge in [-0.25, -0.2) is 4.79 Å². The van der Waals surface area contributed by atoms with Gasteiger partial charge in [0.25, 0.3) is 11.5 Å². The molecule has 0 fully saturated rings. The van der Waals surface area contributed by atoms with Gasteiger partial charge in [-0.05, 0) is 30.0 Å². The van der Waals surface area contributed by atoms with E-state index in [0.717, 1.165) is 10.9 Å². The van der Waals surface area contributed by atoms with Gasteiger partial charge in [0.05, 0.1) is 5.57 Å². The first kappa shape index (κ1) is 16.9. The molecular formula is C18H18N2O5. The van der Waals surface area contributed by atoms with Crippen molar-refractivity contribution in [3.05, 3.63) is 57.9 Å². The van der Waals surface area contributed by atoms with Crippen LogP contribution < -0.4 is 10.9 Å². The van der Waals surface area contributed by atoms with E-state index in [0.29, 0.717) is 5.56 Å². The molecule has 0 saturated carbocycles. The summed E-state index contributed by atoms with van der Waals surface area (Å²) in [6.45, 7) is 1.43. The molecule has 130 valence electrons. The molecule has 1 aromatic heterocycles. The second-order valence-corrected chi connectivity index (χ2v) is 5.92. The summed E-state index contributed by atoms with van der Waals surface area (Å²) < 4.78 is 4.87. The van der Waals surface area contributed by atoms with Gasteiger partial charge in [-0.3, -0.25) is 9.59 Å². The molecule has 1 aromatic carbocycles. The Hall–Kier alpha value is -2.93. The lowest BCUT2D eigenvalue weighted by Gasteiger charge is -2.26. The number of aliphatic hydroxyl groups is 1. The number of fused-ring (bicyclic) bond motifs is 1. The zero-order valence-electron chi connectivity index (χ0n) is 13.7. The monoisotopic (exact) mass is 342 g/mol. The maximum atomic E-state index is 12.3. The number of benzene rings is 1. The standard InChI is InChI=1S/C18H18N2O5/c1-2-18(24)8-13(10-25-17(18)23)15(21)19-9-12-7-11-5-3-4-6-14(11)20-16(12)22/h3-8,24H,2,9-10H2,1H3,(H,19,21)(H,20,22). The molecule has 1 atom stereocenters. The summed E-state index contributed by atoms with van der Waals surface area (Å²) in [7, 11) is 0. The molecule has 7 heteroatoms. The lowest BCUT2D eigenvalue weighted by molar-refractivity contribution is -0.162. The number of pyridine rings is 1. The molecule has 2 heterocycles. The highest BCUT2D eigenvalue weighted by Gasteiger charge is 2.38. The van der Waals surface area contributed by atoms with Crippen molar-refractivity contribution < 1.29 is 19.4 Å². The summed E-state index contributed by atoms with van der Waals surface area (Å²) in [4.78, 5) is 38.7. The lowest BCUT2D eigenvalue weighted by atomic mass is 9.95. The Balaban J connectivity index is 1.77. The molecule has 0 bridgehead atoms. The van der Waals surface area contributed by atoms with Gasteiger partial charge in [0.15, 0.2) is 5.60 Å². The number of esters is 1. The van der Waals surface area contributed by atoms with Gasteiger partial charge >= 0.3 is 5.97 Å². The summed E-state index contributed by atoms with van der Waals surface area (Å²) in [6.07, 6.45) is 1.33. The van der Waals surface area contributed by atoms with Gasteiger partial charge in [0.2, 0.25) is 0 Å². The number of cyclic esters (lactones) is 1. The summed E-state index contributed by atoms with van der Waals surface area (Å²) in [6, 6.07) is 9.06. The lowest BCUT2D eigenvalue weighted by Crippen LogP contribution is -2.43. The fraction of sp³-hybridized carbons (Fsp3) is 0.278. The van der Waals surface area contributed by atoms with Crippen LogP contribution in [0.1, 0.15) is 18.9 Å². The quantitative estimate of drug-likeness (QED) is 0.711. The maximum Gasteiger partial charge on any atom is 0.342 e. The Bertz CT molecular complexity index is 930. The second kappa shape index (κ2) is 6.52. The van der Waals surface area contributed by atoms with E-state index in [4.69, 9.17) is 4.74 Å². The predicted octanol–water partition coefficient (Wildman–Crippen LogP) is 0.769. The average Bonchev–Trinajstić information content (AvgIpc) is 2.62. The summed E-state index contributed by atoms with van der Waals surface area (Å²) in [5.41, 5.74) is -0.788. The molecule has 1 unspecified atom stereocenters. The normalized spacial score (nSPS) is 20.1. The van der Waals surface area contributed by atoms with Gasteiger partial charge in [0, 0.05) is 17.6 Å². The number of carbonyl (C=O) groups is 2. The third kappa shape index (κ3) is 3.32. The van der Waals surface area contributed by atoms with Crippen LogP contribution in [0, 0.1) is 0 Å². The van der Waals surface area contributed by atoms with E-state index in [1.807, 2.05) is 18.2 Å². The first-order valence-electron chi connectivity index (χ1n) is 7.93. The predicted molar refractivity (Wildman–Crippen MR) is 90.7 cm³/mol. The molecule has 1 aliphatic heterocycles. The second-order valence-electron chi connectivity index (χ2n) is 5.92. The van der Waals surface area contributed by atoms with Crippen molar-refractivity contribution in [3.63, 3.8) is 0 Å². The largest absolute Gasteiger partial charge is 0.458 e. The minimum atomic E-state index is -1.79. The van der Waals surface area contributed by atoms with E-state index in [9.17, 15) is 19.5 Å². The Labute approximate surface area is 143 Å². The highest BCUT2D eigenvalue weighted by molar-refractivity contribution is 5.97. The number of H-pyrrole nitrogens is 1. The van der Waals surface area contributed by atoms with Gasteiger partial charge in [-0.2, -0.15) is 0 Å². The minimum absolute atomic E-state index is 0.0227. The van der Waals surface area contributed by atoms with Crippen LogP contribution >= 0.6 is 0 Å². The fourth-order valence-corrected chi connectivity index (χ4v) is 2.65. The number of nitrogens with one attached hydrogen (secondary N) is 2. The molecule has 2 aromatic rings. The number of aromatic amines is 1. The van der Waals surface area contributed by atoms with E-state index >= 15 is 0 Å². The van der Waals surface area contributed by atoms with Gasteiger partial charge in [0.1, 0.15) is 6.61 Å². The van der Waals surface area contributed by atoms with E-state index < -0.39 is 17.5 Å². The topological polar surface area (TPSA) is 108 Å². The molecule has 0 saturated heterocycles. The Kier molecular flexibility index (Phi) is 4.41. The van der Waals surface area contributed by atoms with Crippen molar-refractivity contribution >= 4 is 22.8 Å². The number of ether oxygens (including phenoxy) is 1. The fourth-order valence-electron chi connectivity index (χ4n) is 2.65.